The number of carboxylic acid groups (broad SMARTS) is 1. The van der Waals surface area contributed by atoms with Gasteiger partial charge in [-0.1, -0.05) is 6.07 Å². The number of benzene rings is 1. The predicted octanol–water partition coefficient (Wildman–Crippen LogP) is 3.47. The lowest BCUT2D eigenvalue weighted by atomic mass is 10.1. The van der Waals surface area contributed by atoms with Crippen LogP contribution in [-0.4, -0.2) is 17.1 Å². The average Bonchev–Trinajstić information content (AvgIpc) is 2.91. The largest absolute Gasteiger partial charge is 0.478 e. The Balaban J connectivity index is 2.09. The Morgan fingerprint density at radius 2 is 2.10 bits per heavy atom. The zero-order valence-electron chi connectivity index (χ0n) is 11.1. The van der Waals surface area contributed by atoms with Crippen molar-refractivity contribution in [3.8, 4) is 0 Å². The van der Waals surface area contributed by atoms with Crippen LogP contribution in [0, 0.1) is 5.82 Å². The standard InChI is InChI=1S/C14H13FN2O3S/c1-8(12-3-2-6-21-12)16-14(20)17-11-7-9(15)4-5-10(11)13(18)19/h2-8H,1H3,(H,18,19)(H2,16,17,20). The quantitative estimate of drug-likeness (QED) is 0.809. The van der Waals surface area contributed by atoms with Gasteiger partial charge in [-0.3, -0.25) is 0 Å². The molecule has 1 aromatic heterocycles. The van der Waals surface area contributed by atoms with E-state index in [2.05, 4.69) is 10.6 Å². The Morgan fingerprint density at radius 3 is 2.71 bits per heavy atom. The van der Waals surface area contributed by atoms with Crippen molar-refractivity contribution in [1.82, 2.24) is 5.32 Å². The van der Waals surface area contributed by atoms with Crippen molar-refractivity contribution in [2.75, 3.05) is 5.32 Å². The number of amides is 2. The maximum Gasteiger partial charge on any atom is 0.337 e. The zero-order valence-corrected chi connectivity index (χ0v) is 11.9. The minimum Gasteiger partial charge on any atom is -0.478 e. The fourth-order valence-corrected chi connectivity index (χ4v) is 2.50. The molecule has 0 bridgehead atoms. The maximum absolute atomic E-state index is 13.2. The van der Waals surface area contributed by atoms with Gasteiger partial charge in [0.25, 0.3) is 0 Å². The van der Waals surface area contributed by atoms with Gasteiger partial charge < -0.3 is 15.7 Å². The third-order valence-electron chi connectivity index (χ3n) is 2.78. The highest BCUT2D eigenvalue weighted by atomic mass is 32.1. The number of hydrogen-bond donors (Lipinski definition) is 3. The van der Waals surface area contributed by atoms with Gasteiger partial charge in [0.1, 0.15) is 5.82 Å². The first-order valence-electron chi connectivity index (χ1n) is 6.11. The lowest BCUT2D eigenvalue weighted by molar-refractivity contribution is 0.0698. The molecule has 0 saturated carbocycles. The molecule has 2 aromatic rings. The highest BCUT2D eigenvalue weighted by Crippen LogP contribution is 2.20. The first-order chi connectivity index (χ1) is 9.97. The topological polar surface area (TPSA) is 78.4 Å². The second kappa shape index (κ2) is 6.36. The number of carbonyl (C=O) groups is 2. The number of carbonyl (C=O) groups excluding carboxylic acids is 1. The Kier molecular flexibility index (Phi) is 4.54. The van der Waals surface area contributed by atoms with E-state index in [1.54, 1.807) is 6.92 Å². The minimum absolute atomic E-state index is 0.0848. The maximum atomic E-state index is 13.2. The van der Waals surface area contributed by atoms with Crippen molar-refractivity contribution in [3.63, 3.8) is 0 Å². The van der Waals surface area contributed by atoms with Gasteiger partial charge in [-0.15, -0.1) is 11.3 Å². The van der Waals surface area contributed by atoms with Crippen LogP contribution in [0.3, 0.4) is 0 Å². The number of anilines is 1. The van der Waals surface area contributed by atoms with Gasteiger partial charge in [-0.25, -0.2) is 14.0 Å². The Labute approximate surface area is 124 Å². The van der Waals surface area contributed by atoms with E-state index in [0.29, 0.717) is 0 Å². The minimum atomic E-state index is -1.24. The fourth-order valence-electron chi connectivity index (χ4n) is 1.77. The Hall–Kier alpha value is -2.41. The van der Waals surface area contributed by atoms with Crippen LogP contribution in [0.2, 0.25) is 0 Å². The number of halogens is 1. The van der Waals surface area contributed by atoms with Gasteiger partial charge in [-0.2, -0.15) is 0 Å². The molecular formula is C14H13FN2O3S. The highest BCUT2D eigenvalue weighted by Gasteiger charge is 2.15. The van der Waals surface area contributed by atoms with Crippen molar-refractivity contribution in [1.29, 1.82) is 0 Å². The summed E-state index contributed by atoms with van der Waals surface area (Å²) in [5.74, 6) is -1.86. The lowest BCUT2D eigenvalue weighted by Crippen LogP contribution is -2.31. The number of thiophene rings is 1. The third kappa shape index (κ3) is 3.79. The molecule has 1 unspecified atom stereocenters. The molecule has 1 aromatic carbocycles. The third-order valence-corrected chi connectivity index (χ3v) is 3.83. The van der Waals surface area contributed by atoms with Gasteiger partial charge in [-0.05, 0) is 36.6 Å². The van der Waals surface area contributed by atoms with Crippen LogP contribution in [0.4, 0.5) is 14.9 Å². The number of carboxylic acids is 1. The molecule has 0 aliphatic heterocycles. The van der Waals surface area contributed by atoms with E-state index < -0.39 is 17.8 Å². The van der Waals surface area contributed by atoms with Crippen LogP contribution >= 0.6 is 11.3 Å². The number of rotatable bonds is 4. The van der Waals surface area contributed by atoms with Crippen molar-refractivity contribution in [3.05, 3.63) is 52.0 Å². The van der Waals surface area contributed by atoms with Crippen molar-refractivity contribution < 1.29 is 19.1 Å². The van der Waals surface area contributed by atoms with Crippen molar-refractivity contribution in [2.45, 2.75) is 13.0 Å². The van der Waals surface area contributed by atoms with Gasteiger partial charge in [0, 0.05) is 4.88 Å². The van der Waals surface area contributed by atoms with E-state index in [-0.39, 0.29) is 17.3 Å². The molecule has 1 atom stereocenters. The van der Waals surface area contributed by atoms with E-state index in [4.69, 9.17) is 5.11 Å². The zero-order chi connectivity index (χ0) is 15.4. The Morgan fingerprint density at radius 1 is 1.33 bits per heavy atom. The van der Waals surface area contributed by atoms with Gasteiger partial charge in [0.15, 0.2) is 0 Å². The number of nitrogens with one attached hydrogen (secondary N) is 2. The summed E-state index contributed by atoms with van der Waals surface area (Å²) in [7, 11) is 0. The fraction of sp³-hybridized carbons (Fsp3) is 0.143. The van der Waals surface area contributed by atoms with Crippen LogP contribution in [0.15, 0.2) is 35.7 Å². The molecular weight excluding hydrogens is 295 g/mol. The SMILES string of the molecule is CC(NC(=O)Nc1cc(F)ccc1C(=O)O)c1cccs1. The first kappa shape index (κ1) is 15.0. The first-order valence-corrected chi connectivity index (χ1v) is 6.99. The van der Waals surface area contributed by atoms with Crippen LogP contribution in [-0.2, 0) is 0 Å². The van der Waals surface area contributed by atoms with Crippen LogP contribution in [0.1, 0.15) is 28.2 Å². The number of urea groups is 1. The van der Waals surface area contributed by atoms with Crippen LogP contribution in [0.25, 0.3) is 0 Å². The normalized spacial score (nSPS) is 11.7. The van der Waals surface area contributed by atoms with Gasteiger partial charge >= 0.3 is 12.0 Å². The second-order valence-electron chi connectivity index (χ2n) is 4.33. The molecule has 0 aliphatic carbocycles. The molecule has 110 valence electrons. The molecule has 2 rings (SSSR count). The van der Waals surface area contributed by atoms with E-state index in [0.717, 1.165) is 23.1 Å². The van der Waals surface area contributed by atoms with E-state index in [1.807, 2.05) is 17.5 Å². The van der Waals surface area contributed by atoms with Gasteiger partial charge in [0.05, 0.1) is 17.3 Å². The number of hydrogen-bond acceptors (Lipinski definition) is 3. The summed E-state index contributed by atoms with van der Waals surface area (Å²) in [5.41, 5.74) is -0.256. The van der Waals surface area contributed by atoms with E-state index in [1.165, 1.54) is 11.3 Å². The summed E-state index contributed by atoms with van der Waals surface area (Å²) in [5, 5.41) is 15.9. The molecule has 0 spiro atoms. The molecule has 2 amide bonds. The summed E-state index contributed by atoms with van der Waals surface area (Å²) in [6.45, 7) is 1.80. The number of aromatic carboxylic acids is 1. The van der Waals surface area contributed by atoms with Gasteiger partial charge in [0.2, 0.25) is 0 Å². The van der Waals surface area contributed by atoms with Crippen molar-refractivity contribution >= 4 is 29.0 Å². The molecule has 21 heavy (non-hydrogen) atoms. The molecule has 1 heterocycles. The lowest BCUT2D eigenvalue weighted by Gasteiger charge is -2.14. The molecule has 0 aliphatic rings. The van der Waals surface area contributed by atoms with Crippen molar-refractivity contribution in [2.24, 2.45) is 0 Å². The monoisotopic (exact) mass is 308 g/mol. The Bertz CT molecular complexity index is 658. The van der Waals surface area contributed by atoms with E-state index in [9.17, 15) is 14.0 Å². The molecule has 0 radical (unpaired) electrons. The second-order valence-corrected chi connectivity index (χ2v) is 5.31. The highest BCUT2D eigenvalue weighted by molar-refractivity contribution is 7.10. The molecule has 0 saturated heterocycles. The molecule has 0 fully saturated rings. The summed E-state index contributed by atoms with van der Waals surface area (Å²) >= 11 is 1.49. The predicted molar refractivity (Wildman–Crippen MR) is 78.2 cm³/mol. The summed E-state index contributed by atoms with van der Waals surface area (Å²) in [6, 6.07) is 6.03. The summed E-state index contributed by atoms with van der Waals surface area (Å²) in [6.07, 6.45) is 0. The van der Waals surface area contributed by atoms with Crippen LogP contribution in [0.5, 0.6) is 0 Å². The van der Waals surface area contributed by atoms with E-state index >= 15 is 0 Å². The molecule has 3 N–H and O–H groups in total. The summed E-state index contributed by atoms with van der Waals surface area (Å²) in [4.78, 5) is 23.9. The molecule has 5 nitrogen and oxygen atoms in total. The summed E-state index contributed by atoms with van der Waals surface area (Å²) < 4.78 is 13.2. The average molecular weight is 308 g/mol. The smallest absolute Gasteiger partial charge is 0.337 e. The van der Waals surface area contributed by atoms with Crippen LogP contribution < -0.4 is 10.6 Å². The molecule has 7 heteroatoms.